The Balaban J connectivity index is 2.19. The molecular formula is C17H23N3O. The van der Waals surface area contributed by atoms with Crippen molar-refractivity contribution < 1.29 is 0 Å². The fraction of sp³-hybridized carbons (Fsp3) is 0.471. The van der Waals surface area contributed by atoms with Crippen molar-refractivity contribution in [2.45, 2.75) is 38.3 Å². The monoisotopic (exact) mass is 285 g/mol. The molecule has 1 aromatic heterocycles. The summed E-state index contributed by atoms with van der Waals surface area (Å²) < 4.78 is 1.71. The van der Waals surface area contributed by atoms with E-state index in [1.807, 2.05) is 25.2 Å². The van der Waals surface area contributed by atoms with E-state index in [1.54, 1.807) is 10.6 Å². The number of rotatable bonds is 2. The third kappa shape index (κ3) is 2.44. The second-order valence-electron chi connectivity index (χ2n) is 6.06. The molecule has 0 bridgehead atoms. The summed E-state index contributed by atoms with van der Waals surface area (Å²) in [5.41, 5.74) is 8.24. The van der Waals surface area contributed by atoms with Crippen molar-refractivity contribution in [3.8, 4) is 0 Å². The number of aryl methyl sites for hydroxylation is 1. The van der Waals surface area contributed by atoms with Crippen LogP contribution in [-0.2, 0) is 7.05 Å². The van der Waals surface area contributed by atoms with Crippen LogP contribution in [0.2, 0.25) is 0 Å². The molecule has 3 rings (SSSR count). The van der Waals surface area contributed by atoms with Crippen LogP contribution in [0, 0.1) is 0 Å². The van der Waals surface area contributed by atoms with E-state index in [1.165, 1.54) is 6.42 Å². The second kappa shape index (κ2) is 5.53. The quantitative estimate of drug-likeness (QED) is 0.920. The smallest absolute Gasteiger partial charge is 0.252 e. The van der Waals surface area contributed by atoms with Gasteiger partial charge in [0.25, 0.3) is 5.56 Å². The van der Waals surface area contributed by atoms with Crippen LogP contribution in [0.15, 0.2) is 35.1 Å². The van der Waals surface area contributed by atoms with E-state index in [4.69, 9.17) is 5.73 Å². The minimum absolute atomic E-state index is 0.0395. The number of aromatic nitrogens is 1. The van der Waals surface area contributed by atoms with Gasteiger partial charge in [-0.05, 0) is 32.3 Å². The molecule has 2 N–H and O–H groups in total. The first kappa shape index (κ1) is 14.1. The minimum atomic E-state index is 0.0395. The van der Waals surface area contributed by atoms with Crippen LogP contribution in [0.3, 0.4) is 0 Å². The van der Waals surface area contributed by atoms with E-state index in [9.17, 15) is 4.79 Å². The SMILES string of the molecule is CC(N)C1CCCCN1c1cc(=O)n(C)c2ccccc12. The summed E-state index contributed by atoms with van der Waals surface area (Å²) in [6.07, 6.45) is 3.47. The second-order valence-corrected chi connectivity index (χ2v) is 6.06. The fourth-order valence-corrected chi connectivity index (χ4v) is 3.43. The van der Waals surface area contributed by atoms with Gasteiger partial charge < -0.3 is 15.2 Å². The molecule has 21 heavy (non-hydrogen) atoms. The highest BCUT2D eigenvalue weighted by molar-refractivity contribution is 5.92. The molecule has 1 aromatic carbocycles. The molecule has 1 aliphatic rings. The van der Waals surface area contributed by atoms with Gasteiger partial charge in [0.15, 0.2) is 0 Å². The number of pyridine rings is 1. The lowest BCUT2D eigenvalue weighted by atomic mass is 9.95. The molecule has 2 atom stereocenters. The van der Waals surface area contributed by atoms with Gasteiger partial charge in [-0.15, -0.1) is 0 Å². The van der Waals surface area contributed by atoms with Gasteiger partial charge >= 0.3 is 0 Å². The third-order valence-corrected chi connectivity index (χ3v) is 4.60. The topological polar surface area (TPSA) is 51.3 Å². The number of nitrogens with two attached hydrogens (primary N) is 1. The van der Waals surface area contributed by atoms with E-state index >= 15 is 0 Å². The minimum Gasteiger partial charge on any atom is -0.366 e. The molecule has 0 spiro atoms. The van der Waals surface area contributed by atoms with Crippen LogP contribution >= 0.6 is 0 Å². The maximum Gasteiger partial charge on any atom is 0.252 e. The summed E-state index contributed by atoms with van der Waals surface area (Å²) in [7, 11) is 1.83. The first-order valence-corrected chi connectivity index (χ1v) is 7.70. The van der Waals surface area contributed by atoms with E-state index in [-0.39, 0.29) is 11.6 Å². The fourth-order valence-electron chi connectivity index (χ4n) is 3.43. The molecule has 1 aliphatic heterocycles. The van der Waals surface area contributed by atoms with Crippen molar-refractivity contribution in [3.05, 3.63) is 40.7 Å². The van der Waals surface area contributed by atoms with Crippen LogP contribution in [0.25, 0.3) is 10.9 Å². The lowest BCUT2D eigenvalue weighted by Gasteiger charge is -2.40. The van der Waals surface area contributed by atoms with E-state index < -0.39 is 0 Å². The highest BCUT2D eigenvalue weighted by atomic mass is 16.1. The number of hydrogen-bond acceptors (Lipinski definition) is 3. The molecular weight excluding hydrogens is 262 g/mol. The van der Waals surface area contributed by atoms with E-state index in [2.05, 4.69) is 17.9 Å². The Hall–Kier alpha value is -1.81. The highest BCUT2D eigenvalue weighted by Gasteiger charge is 2.27. The molecule has 0 radical (unpaired) electrons. The summed E-state index contributed by atoms with van der Waals surface area (Å²) >= 11 is 0. The predicted octanol–water partition coefficient (Wildman–Crippen LogP) is 2.24. The summed E-state index contributed by atoms with van der Waals surface area (Å²) in [6.45, 7) is 3.04. The lowest BCUT2D eigenvalue weighted by Crippen LogP contribution is -2.49. The van der Waals surface area contributed by atoms with E-state index in [0.717, 1.165) is 36.0 Å². The molecule has 1 fully saturated rings. The Morgan fingerprint density at radius 2 is 2.05 bits per heavy atom. The number of anilines is 1. The van der Waals surface area contributed by atoms with Gasteiger partial charge in [0, 0.05) is 37.1 Å². The van der Waals surface area contributed by atoms with Crippen molar-refractivity contribution in [2.75, 3.05) is 11.4 Å². The standard InChI is InChI=1S/C17H23N3O/c1-12(18)14-8-5-6-10-20(14)16-11-17(21)19(2)15-9-4-3-7-13(15)16/h3-4,7,9,11-12,14H,5-6,8,10,18H2,1-2H3. The number of fused-ring (bicyclic) bond motifs is 1. The summed E-state index contributed by atoms with van der Waals surface area (Å²) in [5, 5.41) is 1.13. The van der Waals surface area contributed by atoms with Crippen molar-refractivity contribution in [2.24, 2.45) is 12.8 Å². The highest BCUT2D eigenvalue weighted by Crippen LogP contribution is 2.31. The van der Waals surface area contributed by atoms with Gasteiger partial charge in [0.05, 0.1) is 11.2 Å². The molecule has 112 valence electrons. The zero-order valence-electron chi connectivity index (χ0n) is 12.7. The molecule has 2 aromatic rings. The summed E-state index contributed by atoms with van der Waals surface area (Å²) in [5.74, 6) is 0. The average Bonchev–Trinajstić information content (AvgIpc) is 2.51. The van der Waals surface area contributed by atoms with Gasteiger partial charge in [0.2, 0.25) is 0 Å². The number of nitrogens with zero attached hydrogens (tertiary/aromatic N) is 2. The third-order valence-electron chi connectivity index (χ3n) is 4.60. The number of piperidine rings is 1. The maximum absolute atomic E-state index is 12.3. The van der Waals surface area contributed by atoms with Gasteiger partial charge in [-0.2, -0.15) is 0 Å². The number of hydrogen-bond donors (Lipinski definition) is 1. The maximum atomic E-state index is 12.3. The molecule has 0 saturated carbocycles. The summed E-state index contributed by atoms with van der Waals surface area (Å²) in [6, 6.07) is 10.3. The first-order valence-electron chi connectivity index (χ1n) is 7.70. The Morgan fingerprint density at radius 3 is 2.81 bits per heavy atom. The molecule has 0 amide bonds. The van der Waals surface area contributed by atoms with Crippen LogP contribution in [0.5, 0.6) is 0 Å². The average molecular weight is 285 g/mol. The van der Waals surface area contributed by atoms with Crippen LogP contribution in [-0.4, -0.2) is 23.2 Å². The zero-order valence-corrected chi connectivity index (χ0v) is 12.7. The van der Waals surface area contributed by atoms with Crippen LogP contribution < -0.4 is 16.2 Å². The normalized spacial score (nSPS) is 20.7. The van der Waals surface area contributed by atoms with E-state index in [0.29, 0.717) is 6.04 Å². The van der Waals surface area contributed by atoms with Crippen molar-refractivity contribution in [3.63, 3.8) is 0 Å². The lowest BCUT2D eigenvalue weighted by molar-refractivity contribution is 0.414. The number of para-hydroxylation sites is 1. The Kier molecular flexibility index (Phi) is 3.72. The molecule has 4 heteroatoms. The van der Waals surface area contributed by atoms with Crippen molar-refractivity contribution in [1.82, 2.24) is 4.57 Å². The molecule has 2 unspecified atom stereocenters. The van der Waals surface area contributed by atoms with Gasteiger partial charge in [-0.3, -0.25) is 4.79 Å². The van der Waals surface area contributed by atoms with Crippen molar-refractivity contribution in [1.29, 1.82) is 0 Å². The summed E-state index contributed by atoms with van der Waals surface area (Å²) in [4.78, 5) is 14.6. The first-order chi connectivity index (χ1) is 10.1. The Labute approximate surface area is 125 Å². The molecule has 1 saturated heterocycles. The van der Waals surface area contributed by atoms with Gasteiger partial charge in [-0.1, -0.05) is 18.2 Å². The van der Waals surface area contributed by atoms with Gasteiger partial charge in [0.1, 0.15) is 0 Å². The Morgan fingerprint density at radius 1 is 1.29 bits per heavy atom. The van der Waals surface area contributed by atoms with Crippen molar-refractivity contribution >= 4 is 16.6 Å². The molecule has 0 aliphatic carbocycles. The largest absolute Gasteiger partial charge is 0.366 e. The predicted molar refractivity (Wildman–Crippen MR) is 87.8 cm³/mol. The Bertz CT molecular complexity index is 705. The van der Waals surface area contributed by atoms with Crippen LogP contribution in [0.4, 0.5) is 5.69 Å². The molecule has 2 heterocycles. The molecule has 4 nitrogen and oxygen atoms in total. The van der Waals surface area contributed by atoms with Crippen LogP contribution in [0.1, 0.15) is 26.2 Å². The van der Waals surface area contributed by atoms with Gasteiger partial charge in [-0.25, -0.2) is 0 Å². The number of benzene rings is 1. The zero-order chi connectivity index (χ0) is 15.0.